The molecule has 0 unspecified atom stereocenters. The van der Waals surface area contributed by atoms with Gasteiger partial charge < -0.3 is 101 Å². The average Bonchev–Trinajstić information content (AvgIpc) is 3.28. The number of carboxylic acid groups (broad SMARTS) is 3. The van der Waals surface area contributed by atoms with Gasteiger partial charge in [0, 0.05) is 13.0 Å². The van der Waals surface area contributed by atoms with Crippen LogP contribution in [-0.2, 0) is 57.5 Å². The highest BCUT2D eigenvalue weighted by Crippen LogP contribution is 2.10. The molecule has 14 atom stereocenters. The maximum Gasteiger partial charge on any atom is 0.326 e. The first-order valence-corrected chi connectivity index (χ1v) is 23.5. The van der Waals surface area contributed by atoms with Crippen molar-refractivity contribution >= 4 is 77.0 Å². The first kappa shape index (κ1) is 67.7. The van der Waals surface area contributed by atoms with Crippen molar-refractivity contribution in [1.82, 2.24) is 47.9 Å². The van der Waals surface area contributed by atoms with Gasteiger partial charge in [-0.25, -0.2) is 4.79 Å². The third-order valence-electron chi connectivity index (χ3n) is 10.7. The standard InChI is InChI=1S/C43H75N13O19/c1-16(2)14-25(37(69)52-26(15-28(63)64)36(68)48-18(4)34(66)54-31(21(7)59)40(72)51-24(42(74)75)10-9-13-47-43(45)46)53-41(73)32(22(8)60)55-35(67)23(11-12-27(61)62)50-33(65)17(3)49-39(71)30(20(6)58)56-38(70)29(44)19(5)57/h16-26,29-32,57-60H,9-15,44H2,1-8H3,(H,48,68)(H,49,71)(H,50,65)(H,51,72)(H,52,69)(H,53,73)(H,54,66)(H,55,67)(H,56,70)(H,61,62)(H,63,64)(H,74,75)(H4,45,46,47)/t17-,18-,19+,20+,21+,22+,23-,24-,25-,26-,29-,30-,31-,32-/m0/s1. The number of nitrogens with one attached hydrogen (secondary N) is 9. The lowest BCUT2D eigenvalue weighted by Gasteiger charge is -2.29. The van der Waals surface area contributed by atoms with Crippen LogP contribution in [0.2, 0.25) is 0 Å². The minimum absolute atomic E-state index is 0.0248. The molecule has 426 valence electrons. The van der Waals surface area contributed by atoms with E-state index in [-0.39, 0.29) is 31.8 Å². The molecule has 0 aromatic carbocycles. The van der Waals surface area contributed by atoms with E-state index >= 15 is 0 Å². The molecule has 0 rings (SSSR count). The predicted octanol–water partition coefficient (Wildman–Crippen LogP) is -8.24. The van der Waals surface area contributed by atoms with Crippen LogP contribution < -0.4 is 65.1 Å². The number of rotatable bonds is 34. The van der Waals surface area contributed by atoms with Crippen LogP contribution in [0.25, 0.3) is 0 Å². The van der Waals surface area contributed by atoms with E-state index < -0.39 is 181 Å². The SMILES string of the molecule is CC(C)C[C@H](NC(=O)[C@@H](NC(=O)[C@H](CCC(=O)O)NC(=O)[C@H](C)NC(=O)[C@@H](NC(=O)[C@@H](N)[C@@H](C)O)[C@@H](C)O)[C@@H](C)O)C(=O)N[C@@H](CC(=O)O)C(=O)N[C@@H](C)C(=O)N[C@H](C(=O)N[C@@H](CCCN=C(N)N)C(=O)O)[C@@H](C)O. The number of aliphatic carboxylic acids is 3. The van der Waals surface area contributed by atoms with E-state index in [1.807, 2.05) is 0 Å². The Morgan fingerprint density at radius 1 is 0.440 bits per heavy atom. The number of carboxylic acids is 3. The third kappa shape index (κ3) is 25.5. The number of carbonyl (C=O) groups is 12. The molecule has 0 aliphatic rings. The second-order valence-electron chi connectivity index (χ2n) is 18.1. The molecule has 22 N–H and O–H groups in total. The number of amides is 9. The summed E-state index contributed by atoms with van der Waals surface area (Å²) in [5.41, 5.74) is 16.1. The number of nitrogens with zero attached hydrogens (tertiary/aromatic N) is 1. The number of hydrogen-bond donors (Lipinski definition) is 19. The summed E-state index contributed by atoms with van der Waals surface area (Å²) in [4.78, 5) is 158. The lowest BCUT2D eigenvalue weighted by molar-refractivity contribution is -0.143. The van der Waals surface area contributed by atoms with Crippen LogP contribution in [-0.4, -0.2) is 204 Å². The molecule has 0 heterocycles. The minimum atomic E-state index is -1.95. The zero-order valence-electron chi connectivity index (χ0n) is 42.8. The maximum absolute atomic E-state index is 13.8. The molecule has 32 nitrogen and oxygen atoms in total. The summed E-state index contributed by atoms with van der Waals surface area (Å²) < 4.78 is 0. The number of guanidine groups is 1. The molecule has 0 aromatic rings. The van der Waals surface area contributed by atoms with Crippen LogP contribution in [0.3, 0.4) is 0 Å². The van der Waals surface area contributed by atoms with Gasteiger partial charge >= 0.3 is 17.9 Å². The van der Waals surface area contributed by atoms with E-state index in [0.29, 0.717) is 0 Å². The van der Waals surface area contributed by atoms with Crippen LogP contribution in [0.4, 0.5) is 0 Å². The van der Waals surface area contributed by atoms with E-state index in [2.05, 4.69) is 52.8 Å². The lowest BCUT2D eigenvalue weighted by atomic mass is 10.0. The zero-order chi connectivity index (χ0) is 58.2. The predicted molar refractivity (Wildman–Crippen MR) is 260 cm³/mol. The Morgan fingerprint density at radius 3 is 1.25 bits per heavy atom. The van der Waals surface area contributed by atoms with E-state index in [9.17, 15) is 93.3 Å². The molecule has 0 saturated heterocycles. The van der Waals surface area contributed by atoms with Gasteiger partial charge in [-0.1, -0.05) is 13.8 Å². The Balaban J connectivity index is 6.29. The summed E-state index contributed by atoms with van der Waals surface area (Å²) in [6.45, 7) is 9.91. The summed E-state index contributed by atoms with van der Waals surface area (Å²) in [6.07, 6.45) is -9.01. The van der Waals surface area contributed by atoms with Crippen molar-refractivity contribution in [2.24, 2.45) is 28.1 Å². The van der Waals surface area contributed by atoms with Crippen molar-refractivity contribution in [2.75, 3.05) is 6.54 Å². The molecular weight excluding hydrogens is 1000 g/mol. The number of hydrogen-bond acceptors (Lipinski definition) is 18. The maximum atomic E-state index is 13.8. The molecular formula is C43H75N13O19. The van der Waals surface area contributed by atoms with Gasteiger partial charge in [0.15, 0.2) is 5.96 Å². The molecule has 0 aromatic heterocycles. The largest absolute Gasteiger partial charge is 0.481 e. The van der Waals surface area contributed by atoms with Crippen molar-refractivity contribution in [3.8, 4) is 0 Å². The van der Waals surface area contributed by atoms with E-state index in [1.54, 1.807) is 13.8 Å². The topological polar surface area (TPSA) is 545 Å². The van der Waals surface area contributed by atoms with Crippen LogP contribution in [0.1, 0.15) is 93.9 Å². The fourth-order valence-corrected chi connectivity index (χ4v) is 6.44. The molecule has 0 bridgehead atoms. The average molecular weight is 1080 g/mol. The van der Waals surface area contributed by atoms with Gasteiger partial charge in [-0.2, -0.15) is 0 Å². The van der Waals surface area contributed by atoms with Gasteiger partial charge in [-0.15, -0.1) is 0 Å². The monoisotopic (exact) mass is 1080 g/mol. The zero-order valence-corrected chi connectivity index (χ0v) is 42.8. The van der Waals surface area contributed by atoms with Crippen molar-refractivity contribution in [2.45, 2.75) is 179 Å². The molecule has 9 amide bonds. The normalized spacial score (nSPS) is 16.7. The molecule has 0 saturated carbocycles. The first-order valence-electron chi connectivity index (χ1n) is 23.5. The third-order valence-corrected chi connectivity index (χ3v) is 10.7. The Labute approximate surface area is 430 Å². The van der Waals surface area contributed by atoms with Crippen molar-refractivity contribution in [1.29, 1.82) is 0 Å². The molecule has 0 aliphatic heterocycles. The molecule has 0 spiro atoms. The highest BCUT2D eigenvalue weighted by atomic mass is 16.4. The fourth-order valence-electron chi connectivity index (χ4n) is 6.44. The van der Waals surface area contributed by atoms with E-state index in [0.717, 1.165) is 34.6 Å². The quantitative estimate of drug-likeness (QED) is 0.0162. The van der Waals surface area contributed by atoms with Gasteiger partial charge in [0.25, 0.3) is 0 Å². The Morgan fingerprint density at radius 2 is 0.827 bits per heavy atom. The molecule has 0 aliphatic carbocycles. The summed E-state index contributed by atoms with van der Waals surface area (Å²) in [6, 6.07) is -16.9. The Hall–Kier alpha value is -7.29. The van der Waals surface area contributed by atoms with E-state index in [4.69, 9.17) is 17.2 Å². The summed E-state index contributed by atoms with van der Waals surface area (Å²) in [7, 11) is 0. The summed E-state index contributed by atoms with van der Waals surface area (Å²) >= 11 is 0. The van der Waals surface area contributed by atoms with Crippen LogP contribution in [0.5, 0.6) is 0 Å². The van der Waals surface area contributed by atoms with Gasteiger partial charge in [0.2, 0.25) is 53.2 Å². The van der Waals surface area contributed by atoms with Crippen LogP contribution in [0, 0.1) is 5.92 Å². The number of aliphatic hydroxyl groups excluding tert-OH is 4. The second-order valence-corrected chi connectivity index (χ2v) is 18.1. The second kappa shape index (κ2) is 32.8. The number of aliphatic hydroxyl groups is 4. The summed E-state index contributed by atoms with van der Waals surface area (Å²) in [5, 5.41) is 89.0. The van der Waals surface area contributed by atoms with E-state index in [1.165, 1.54) is 6.92 Å². The Bertz CT molecular complexity index is 2050. The molecule has 0 fully saturated rings. The fraction of sp³-hybridized carbons (Fsp3) is 0.698. The lowest BCUT2D eigenvalue weighted by Crippen LogP contribution is -2.62. The number of carbonyl (C=O) groups excluding carboxylic acids is 9. The summed E-state index contributed by atoms with van der Waals surface area (Å²) in [5.74, 6) is -15.6. The van der Waals surface area contributed by atoms with Gasteiger partial charge in [-0.05, 0) is 73.1 Å². The molecule has 0 radical (unpaired) electrons. The van der Waals surface area contributed by atoms with Crippen molar-refractivity contribution < 1.29 is 93.3 Å². The minimum Gasteiger partial charge on any atom is -0.481 e. The Kier molecular flexibility index (Phi) is 29.6. The smallest absolute Gasteiger partial charge is 0.326 e. The van der Waals surface area contributed by atoms with Crippen LogP contribution in [0.15, 0.2) is 4.99 Å². The number of aliphatic imine (C=N–C) groups is 1. The van der Waals surface area contributed by atoms with Gasteiger partial charge in [0.05, 0.1) is 30.8 Å². The highest BCUT2D eigenvalue weighted by Gasteiger charge is 2.37. The number of nitrogens with two attached hydrogens (primary N) is 3. The highest BCUT2D eigenvalue weighted by molar-refractivity contribution is 5.99. The first-order chi connectivity index (χ1) is 34.6. The van der Waals surface area contributed by atoms with Crippen molar-refractivity contribution in [3.05, 3.63) is 0 Å². The van der Waals surface area contributed by atoms with Crippen molar-refractivity contribution in [3.63, 3.8) is 0 Å². The molecule has 75 heavy (non-hydrogen) atoms. The van der Waals surface area contributed by atoms with Gasteiger partial charge in [0.1, 0.15) is 60.4 Å². The van der Waals surface area contributed by atoms with Gasteiger partial charge in [-0.3, -0.25) is 57.7 Å². The molecule has 32 heteroatoms. The van der Waals surface area contributed by atoms with Crippen LogP contribution >= 0.6 is 0 Å².